The Bertz CT molecular complexity index is 596. The Kier molecular flexibility index (Phi) is 7.20. The van der Waals surface area contributed by atoms with Crippen molar-refractivity contribution >= 4 is 26.3 Å². The zero-order valence-electron chi connectivity index (χ0n) is 19.9. The predicted molar refractivity (Wildman–Crippen MR) is 129 cm³/mol. The van der Waals surface area contributed by atoms with Gasteiger partial charge in [0.05, 0.1) is 26.2 Å². The standard InChI is InChI=1S/C23H46O3SSi2/c1-7-28(8-2,9-3)22(29(10-4,11-5)12-6)27(24,25)26-23-16-19-13-20(17-23)15-21(14-19)18-23/h19-22H,7-18H2,1-6H3. The van der Waals surface area contributed by atoms with E-state index >= 15 is 0 Å². The van der Waals surface area contributed by atoms with E-state index < -0.39 is 26.3 Å². The molecular weight excluding hydrogens is 412 g/mol. The lowest BCUT2D eigenvalue weighted by atomic mass is 9.54. The van der Waals surface area contributed by atoms with E-state index in [1.165, 1.54) is 19.3 Å². The van der Waals surface area contributed by atoms with Crippen molar-refractivity contribution in [2.45, 2.75) is 126 Å². The first-order chi connectivity index (χ1) is 13.7. The van der Waals surface area contributed by atoms with Crippen LogP contribution in [0, 0.1) is 17.8 Å². The van der Waals surface area contributed by atoms with Gasteiger partial charge in [-0.05, 0) is 56.3 Å². The van der Waals surface area contributed by atoms with E-state index in [1.807, 2.05) is 0 Å². The second-order valence-electron chi connectivity index (χ2n) is 10.9. The molecular formula is C23H46O3SSi2. The first-order valence-electron chi connectivity index (χ1n) is 12.6. The molecule has 0 radical (unpaired) electrons. The van der Waals surface area contributed by atoms with Crippen LogP contribution in [0.2, 0.25) is 36.3 Å². The van der Waals surface area contributed by atoms with E-state index in [2.05, 4.69) is 41.5 Å². The number of hydrogen-bond donors (Lipinski definition) is 0. The zero-order valence-corrected chi connectivity index (χ0v) is 22.7. The molecule has 4 aliphatic carbocycles. The van der Waals surface area contributed by atoms with Crippen molar-refractivity contribution < 1.29 is 12.6 Å². The smallest absolute Gasteiger partial charge is 0.264 e. The summed E-state index contributed by atoms with van der Waals surface area (Å²) in [5.74, 6) is 2.14. The Balaban J connectivity index is 2.02. The zero-order chi connectivity index (χ0) is 21.5. The van der Waals surface area contributed by atoms with E-state index in [-0.39, 0.29) is 10.1 Å². The minimum absolute atomic E-state index is 0.129. The molecule has 0 atom stereocenters. The first kappa shape index (κ1) is 24.0. The molecule has 0 saturated heterocycles. The van der Waals surface area contributed by atoms with Gasteiger partial charge in [0.25, 0.3) is 10.1 Å². The summed E-state index contributed by atoms with van der Waals surface area (Å²) >= 11 is 0. The average molecular weight is 459 g/mol. The molecule has 4 rings (SSSR count). The topological polar surface area (TPSA) is 43.4 Å². The molecule has 0 N–H and O–H groups in total. The predicted octanol–water partition coefficient (Wildman–Crippen LogP) is 6.77. The minimum atomic E-state index is -3.55. The van der Waals surface area contributed by atoms with Crippen molar-refractivity contribution in [2.24, 2.45) is 17.8 Å². The summed E-state index contributed by atoms with van der Waals surface area (Å²) in [5, 5.41) is 0. The maximum Gasteiger partial charge on any atom is 0.265 e. The minimum Gasteiger partial charge on any atom is -0.264 e. The van der Waals surface area contributed by atoms with Crippen LogP contribution in [0.25, 0.3) is 0 Å². The molecule has 3 nitrogen and oxygen atoms in total. The molecule has 0 aromatic heterocycles. The second kappa shape index (κ2) is 8.70. The van der Waals surface area contributed by atoms with Crippen LogP contribution in [0.15, 0.2) is 0 Å². The molecule has 0 unspecified atom stereocenters. The molecule has 0 aliphatic heterocycles. The van der Waals surface area contributed by atoms with Gasteiger partial charge < -0.3 is 0 Å². The molecule has 170 valence electrons. The van der Waals surface area contributed by atoms with Gasteiger partial charge in [-0.3, -0.25) is 4.18 Å². The monoisotopic (exact) mass is 458 g/mol. The van der Waals surface area contributed by atoms with Crippen LogP contribution in [-0.2, 0) is 14.3 Å². The fraction of sp³-hybridized carbons (Fsp3) is 1.00. The van der Waals surface area contributed by atoms with Crippen LogP contribution in [0.1, 0.15) is 80.1 Å². The van der Waals surface area contributed by atoms with E-state index in [0.29, 0.717) is 17.8 Å². The Morgan fingerprint density at radius 3 is 1.31 bits per heavy atom. The summed E-state index contributed by atoms with van der Waals surface area (Å²) in [7, 11) is -7.48. The van der Waals surface area contributed by atoms with Crippen molar-refractivity contribution in [3.05, 3.63) is 0 Å². The lowest BCUT2D eigenvalue weighted by Crippen LogP contribution is -2.66. The lowest BCUT2D eigenvalue weighted by molar-refractivity contribution is -0.104. The van der Waals surface area contributed by atoms with Gasteiger partial charge in [0.1, 0.15) is 0 Å². The molecule has 0 heterocycles. The molecule has 4 saturated carbocycles. The highest BCUT2D eigenvalue weighted by Gasteiger charge is 2.60. The molecule has 0 aromatic rings. The Morgan fingerprint density at radius 2 is 1.03 bits per heavy atom. The molecule has 4 fully saturated rings. The Labute approximate surface area is 182 Å². The molecule has 0 amide bonds. The third kappa shape index (κ3) is 4.09. The van der Waals surface area contributed by atoms with Gasteiger partial charge in [0.15, 0.2) is 0 Å². The Hall–Kier alpha value is 0.344. The summed E-state index contributed by atoms with van der Waals surface area (Å²) in [6.45, 7) is 13.6. The van der Waals surface area contributed by atoms with Crippen molar-refractivity contribution in [1.29, 1.82) is 0 Å². The third-order valence-corrected chi connectivity index (χ3v) is 30.1. The largest absolute Gasteiger partial charge is 0.265 e. The summed E-state index contributed by atoms with van der Waals surface area (Å²) in [6.07, 6.45) is 6.97. The number of rotatable bonds is 11. The quantitative estimate of drug-likeness (QED) is 0.253. The maximum absolute atomic E-state index is 14.3. The maximum atomic E-state index is 14.3. The second-order valence-corrected chi connectivity index (χ2v) is 24.8. The van der Waals surface area contributed by atoms with E-state index in [1.54, 1.807) is 0 Å². The van der Waals surface area contributed by atoms with Gasteiger partial charge in [-0.2, -0.15) is 8.42 Å². The summed E-state index contributed by atoms with van der Waals surface area (Å²) in [5.41, 5.74) is -0.351. The lowest BCUT2D eigenvalue weighted by Gasteiger charge is -2.56. The van der Waals surface area contributed by atoms with Crippen LogP contribution in [-0.4, -0.2) is 34.7 Å². The molecule has 29 heavy (non-hydrogen) atoms. The summed E-state index contributed by atoms with van der Waals surface area (Å²) in [6, 6.07) is 6.43. The van der Waals surface area contributed by atoms with Gasteiger partial charge in [-0.1, -0.05) is 77.8 Å². The summed E-state index contributed by atoms with van der Waals surface area (Å²) in [4.78, 5) is 0. The fourth-order valence-corrected chi connectivity index (χ4v) is 31.4. The van der Waals surface area contributed by atoms with E-state index in [0.717, 1.165) is 55.5 Å². The highest BCUT2D eigenvalue weighted by atomic mass is 32.2. The molecule has 4 aliphatic rings. The SMILES string of the molecule is CC[Si](CC)(CC)C([Si](CC)(CC)CC)S(=O)(=O)OC12CC3CC(CC(C3)C1)C2. The van der Waals surface area contributed by atoms with Crippen LogP contribution >= 0.6 is 0 Å². The normalized spacial score (nSPS) is 32.3. The van der Waals surface area contributed by atoms with Gasteiger partial charge in [-0.15, -0.1) is 0 Å². The summed E-state index contributed by atoms with van der Waals surface area (Å²) < 4.78 is 35.1. The van der Waals surface area contributed by atoms with Crippen molar-refractivity contribution in [3.8, 4) is 0 Å². The van der Waals surface area contributed by atoms with Gasteiger partial charge in [-0.25, -0.2) is 0 Å². The van der Waals surface area contributed by atoms with Gasteiger partial charge in [0, 0.05) is 0 Å². The highest BCUT2D eigenvalue weighted by Crippen LogP contribution is 2.58. The number of hydrogen-bond acceptors (Lipinski definition) is 3. The molecule has 0 aromatic carbocycles. The Morgan fingerprint density at radius 1 is 0.724 bits per heavy atom. The van der Waals surface area contributed by atoms with Crippen LogP contribution in [0.5, 0.6) is 0 Å². The van der Waals surface area contributed by atoms with Crippen molar-refractivity contribution in [3.63, 3.8) is 0 Å². The molecule has 0 spiro atoms. The van der Waals surface area contributed by atoms with Crippen molar-refractivity contribution in [1.82, 2.24) is 0 Å². The fourth-order valence-electron chi connectivity index (χ4n) is 8.30. The van der Waals surface area contributed by atoms with Gasteiger partial charge >= 0.3 is 0 Å². The third-order valence-electron chi connectivity index (χ3n) is 9.90. The van der Waals surface area contributed by atoms with Gasteiger partial charge in [0.2, 0.25) is 0 Å². The van der Waals surface area contributed by atoms with E-state index in [4.69, 9.17) is 4.18 Å². The van der Waals surface area contributed by atoms with Crippen LogP contribution < -0.4 is 0 Å². The van der Waals surface area contributed by atoms with E-state index in [9.17, 15) is 8.42 Å². The average Bonchev–Trinajstić information content (AvgIpc) is 2.67. The molecule has 6 heteroatoms. The molecule has 4 bridgehead atoms. The van der Waals surface area contributed by atoms with Crippen LogP contribution in [0.4, 0.5) is 0 Å². The van der Waals surface area contributed by atoms with Crippen LogP contribution in [0.3, 0.4) is 0 Å². The highest BCUT2D eigenvalue weighted by molar-refractivity contribution is 7.91. The first-order valence-corrected chi connectivity index (χ1v) is 19.5. The van der Waals surface area contributed by atoms with Crippen molar-refractivity contribution in [2.75, 3.05) is 0 Å².